The average Bonchev–Trinajstić information content (AvgIpc) is 2.53. The fraction of sp³-hybridized carbons (Fsp3) is 0.267. The van der Waals surface area contributed by atoms with Crippen LogP contribution in [0.15, 0.2) is 30.7 Å². The molecule has 0 saturated carbocycles. The number of hydrogen-bond acceptors (Lipinski definition) is 5. The first-order valence-electron chi connectivity index (χ1n) is 6.41. The third-order valence-electron chi connectivity index (χ3n) is 3.03. The van der Waals surface area contributed by atoms with Crippen molar-refractivity contribution < 1.29 is 14.3 Å². The number of ether oxygens (including phenoxy) is 2. The van der Waals surface area contributed by atoms with E-state index >= 15 is 0 Å². The quantitative estimate of drug-likeness (QED) is 0.906. The van der Waals surface area contributed by atoms with Crippen LogP contribution in [0.2, 0.25) is 0 Å². The molecule has 2 aromatic rings. The molecule has 110 valence electrons. The van der Waals surface area contributed by atoms with E-state index in [2.05, 4.69) is 15.3 Å². The molecule has 0 aliphatic carbocycles. The van der Waals surface area contributed by atoms with Crippen LogP contribution in [-0.2, 0) is 6.54 Å². The lowest BCUT2D eigenvalue weighted by molar-refractivity contribution is 0.0945. The van der Waals surface area contributed by atoms with Gasteiger partial charge in [-0.3, -0.25) is 9.78 Å². The normalized spacial score (nSPS) is 10.0. The minimum Gasteiger partial charge on any atom is -0.496 e. The molecule has 6 nitrogen and oxygen atoms in total. The van der Waals surface area contributed by atoms with E-state index in [1.54, 1.807) is 14.2 Å². The summed E-state index contributed by atoms with van der Waals surface area (Å²) < 4.78 is 10.6. The van der Waals surface area contributed by atoms with Gasteiger partial charge in [-0.15, -0.1) is 0 Å². The fourth-order valence-electron chi connectivity index (χ4n) is 1.93. The van der Waals surface area contributed by atoms with Gasteiger partial charge in [0, 0.05) is 24.5 Å². The topological polar surface area (TPSA) is 73.3 Å². The Morgan fingerprint density at radius 1 is 1.19 bits per heavy atom. The Hall–Kier alpha value is -2.63. The molecule has 2 rings (SSSR count). The lowest BCUT2D eigenvalue weighted by atomic mass is 10.1. The molecule has 21 heavy (non-hydrogen) atoms. The summed E-state index contributed by atoms with van der Waals surface area (Å²) in [6.45, 7) is 2.25. The largest absolute Gasteiger partial charge is 0.496 e. The number of amides is 1. The number of aromatic nitrogens is 2. The van der Waals surface area contributed by atoms with Gasteiger partial charge in [0.15, 0.2) is 0 Å². The zero-order valence-corrected chi connectivity index (χ0v) is 12.2. The summed E-state index contributed by atoms with van der Waals surface area (Å²) in [4.78, 5) is 19.8. The van der Waals surface area contributed by atoms with Crippen LogP contribution in [0.4, 0.5) is 0 Å². The van der Waals surface area contributed by atoms with E-state index in [-0.39, 0.29) is 11.6 Å². The predicted molar refractivity (Wildman–Crippen MR) is 77.5 cm³/mol. The summed E-state index contributed by atoms with van der Waals surface area (Å²) in [7, 11) is 3.20. The maximum Gasteiger partial charge on any atom is 0.271 e. The molecule has 0 aliphatic heterocycles. The summed E-state index contributed by atoms with van der Waals surface area (Å²) in [6.07, 6.45) is 4.41. The van der Waals surface area contributed by atoms with E-state index in [4.69, 9.17) is 9.47 Å². The Kier molecular flexibility index (Phi) is 4.71. The van der Waals surface area contributed by atoms with Crippen molar-refractivity contribution in [1.29, 1.82) is 0 Å². The number of nitrogens with one attached hydrogen (secondary N) is 1. The van der Waals surface area contributed by atoms with Crippen molar-refractivity contribution in [3.8, 4) is 11.5 Å². The second-order valence-electron chi connectivity index (χ2n) is 4.41. The van der Waals surface area contributed by atoms with Gasteiger partial charge < -0.3 is 14.8 Å². The van der Waals surface area contributed by atoms with Gasteiger partial charge in [-0.05, 0) is 24.6 Å². The van der Waals surface area contributed by atoms with Gasteiger partial charge in [-0.2, -0.15) is 0 Å². The number of carbonyl (C=O) groups is 1. The Bertz CT molecular complexity index is 630. The van der Waals surface area contributed by atoms with Crippen molar-refractivity contribution in [2.75, 3.05) is 14.2 Å². The lowest BCUT2D eigenvalue weighted by Crippen LogP contribution is -2.24. The number of aryl methyl sites for hydroxylation is 1. The third-order valence-corrected chi connectivity index (χ3v) is 3.03. The minimum atomic E-state index is -0.287. The maximum absolute atomic E-state index is 12.0. The highest BCUT2D eigenvalue weighted by atomic mass is 16.5. The van der Waals surface area contributed by atoms with E-state index < -0.39 is 0 Å². The molecule has 0 unspecified atom stereocenters. The van der Waals surface area contributed by atoms with Crippen LogP contribution in [0, 0.1) is 6.92 Å². The molecule has 0 bridgehead atoms. The Morgan fingerprint density at radius 2 is 1.95 bits per heavy atom. The smallest absolute Gasteiger partial charge is 0.271 e. The molecule has 0 saturated heterocycles. The van der Waals surface area contributed by atoms with Crippen LogP contribution in [0.1, 0.15) is 21.6 Å². The third kappa shape index (κ3) is 3.47. The molecule has 1 heterocycles. The standard InChI is InChI=1S/C15H17N3O3/c1-10-6-14(21-3)11(7-13(10)20-2)8-18-15(19)12-9-16-4-5-17-12/h4-7,9H,8H2,1-3H3,(H,18,19). The van der Waals surface area contributed by atoms with E-state index in [1.165, 1.54) is 18.6 Å². The molecule has 1 amide bonds. The highest BCUT2D eigenvalue weighted by molar-refractivity contribution is 5.91. The summed E-state index contributed by atoms with van der Waals surface area (Å²) in [6, 6.07) is 3.73. The predicted octanol–water partition coefficient (Wildman–Crippen LogP) is 1.73. The first-order chi connectivity index (χ1) is 10.2. The van der Waals surface area contributed by atoms with Crippen LogP contribution in [0.25, 0.3) is 0 Å². The van der Waals surface area contributed by atoms with Crippen molar-refractivity contribution in [1.82, 2.24) is 15.3 Å². The highest BCUT2D eigenvalue weighted by Gasteiger charge is 2.11. The van der Waals surface area contributed by atoms with Gasteiger partial charge in [0.1, 0.15) is 17.2 Å². The zero-order chi connectivity index (χ0) is 15.2. The highest BCUT2D eigenvalue weighted by Crippen LogP contribution is 2.28. The van der Waals surface area contributed by atoms with Crippen molar-refractivity contribution in [2.24, 2.45) is 0 Å². The Labute approximate surface area is 123 Å². The second-order valence-corrected chi connectivity index (χ2v) is 4.41. The molecule has 1 N–H and O–H groups in total. The zero-order valence-electron chi connectivity index (χ0n) is 12.2. The molecular weight excluding hydrogens is 270 g/mol. The van der Waals surface area contributed by atoms with Crippen LogP contribution in [-0.4, -0.2) is 30.1 Å². The SMILES string of the molecule is COc1cc(CNC(=O)c2cnccn2)c(OC)cc1C. The number of nitrogens with zero attached hydrogens (tertiary/aromatic N) is 2. The number of rotatable bonds is 5. The van der Waals surface area contributed by atoms with E-state index in [0.717, 1.165) is 16.9 Å². The number of hydrogen-bond donors (Lipinski definition) is 1. The van der Waals surface area contributed by atoms with E-state index in [9.17, 15) is 4.79 Å². The number of carbonyl (C=O) groups excluding carboxylic acids is 1. The second kappa shape index (κ2) is 6.69. The van der Waals surface area contributed by atoms with Gasteiger partial charge in [-0.25, -0.2) is 4.98 Å². The van der Waals surface area contributed by atoms with Crippen LogP contribution >= 0.6 is 0 Å². The summed E-state index contributed by atoms with van der Waals surface area (Å²) in [5.74, 6) is 1.16. The maximum atomic E-state index is 12.0. The molecule has 6 heteroatoms. The first kappa shape index (κ1) is 14.8. The minimum absolute atomic E-state index is 0.274. The Balaban J connectivity index is 2.14. The molecule has 1 aromatic heterocycles. The molecule has 0 aliphatic rings. The van der Waals surface area contributed by atoms with Crippen molar-refractivity contribution in [3.63, 3.8) is 0 Å². The van der Waals surface area contributed by atoms with Crippen molar-refractivity contribution in [3.05, 3.63) is 47.5 Å². The average molecular weight is 287 g/mol. The van der Waals surface area contributed by atoms with Crippen molar-refractivity contribution in [2.45, 2.75) is 13.5 Å². The monoisotopic (exact) mass is 287 g/mol. The molecule has 0 atom stereocenters. The van der Waals surface area contributed by atoms with Gasteiger partial charge in [0.25, 0.3) is 5.91 Å². The van der Waals surface area contributed by atoms with Crippen LogP contribution in [0.5, 0.6) is 11.5 Å². The molecular formula is C15H17N3O3. The molecule has 0 fully saturated rings. The van der Waals surface area contributed by atoms with E-state index in [1.807, 2.05) is 19.1 Å². The fourth-order valence-corrected chi connectivity index (χ4v) is 1.93. The Morgan fingerprint density at radius 3 is 2.57 bits per heavy atom. The summed E-state index contributed by atoms with van der Waals surface area (Å²) >= 11 is 0. The van der Waals surface area contributed by atoms with Gasteiger partial charge >= 0.3 is 0 Å². The first-order valence-corrected chi connectivity index (χ1v) is 6.41. The van der Waals surface area contributed by atoms with Gasteiger partial charge in [0.05, 0.1) is 20.4 Å². The van der Waals surface area contributed by atoms with Gasteiger partial charge in [0.2, 0.25) is 0 Å². The van der Waals surface area contributed by atoms with Crippen LogP contribution in [0.3, 0.4) is 0 Å². The summed E-state index contributed by atoms with van der Waals surface area (Å²) in [5, 5.41) is 2.78. The van der Waals surface area contributed by atoms with Crippen molar-refractivity contribution >= 4 is 5.91 Å². The van der Waals surface area contributed by atoms with Gasteiger partial charge in [-0.1, -0.05) is 0 Å². The lowest BCUT2D eigenvalue weighted by Gasteiger charge is -2.13. The molecule has 0 radical (unpaired) electrons. The number of methoxy groups -OCH3 is 2. The van der Waals surface area contributed by atoms with E-state index in [0.29, 0.717) is 12.3 Å². The summed E-state index contributed by atoms with van der Waals surface area (Å²) in [5.41, 5.74) is 2.08. The van der Waals surface area contributed by atoms with Crippen LogP contribution < -0.4 is 14.8 Å². The molecule has 1 aromatic carbocycles. The number of benzene rings is 1. The molecule has 0 spiro atoms.